The van der Waals surface area contributed by atoms with Crippen LogP contribution in [-0.2, 0) is 0 Å². The molecule has 0 saturated carbocycles. The van der Waals surface area contributed by atoms with Gasteiger partial charge in [0.2, 0.25) is 0 Å². The second kappa shape index (κ2) is 10.6. The summed E-state index contributed by atoms with van der Waals surface area (Å²) in [6, 6.07) is 15.9. The standard InChI is InChI=1S/C24H29N3O2/c1-4-6-7-10-19(5-2)29-23-12-9-8-11-21(23)22-17-25-27-26-24(22)18-13-15-20(28-3)16-14-18/h8-9,11-17,19H,4-7,10H2,1-3H3. The molecule has 0 aliphatic carbocycles. The summed E-state index contributed by atoms with van der Waals surface area (Å²) in [4.78, 5) is 0. The molecule has 152 valence electrons. The van der Waals surface area contributed by atoms with Crippen molar-refractivity contribution >= 4 is 0 Å². The van der Waals surface area contributed by atoms with Crippen LogP contribution in [0, 0.1) is 0 Å². The third-order valence-electron chi connectivity index (χ3n) is 5.06. The molecule has 3 aromatic rings. The summed E-state index contributed by atoms with van der Waals surface area (Å²) in [5, 5.41) is 12.2. The van der Waals surface area contributed by atoms with Crippen molar-refractivity contribution in [2.24, 2.45) is 0 Å². The van der Waals surface area contributed by atoms with Gasteiger partial charge in [-0.1, -0.05) is 44.9 Å². The van der Waals surface area contributed by atoms with Crippen LogP contribution >= 0.6 is 0 Å². The first-order valence-electron chi connectivity index (χ1n) is 10.4. The third kappa shape index (κ3) is 5.31. The lowest BCUT2D eigenvalue weighted by Crippen LogP contribution is -2.15. The molecule has 0 aliphatic heterocycles. The van der Waals surface area contributed by atoms with Crippen molar-refractivity contribution in [1.29, 1.82) is 0 Å². The summed E-state index contributed by atoms with van der Waals surface area (Å²) >= 11 is 0. The Hall–Kier alpha value is -2.95. The normalized spacial score (nSPS) is 11.8. The highest BCUT2D eigenvalue weighted by atomic mass is 16.5. The molecular weight excluding hydrogens is 362 g/mol. The minimum atomic E-state index is 0.204. The zero-order valence-corrected chi connectivity index (χ0v) is 17.5. The minimum Gasteiger partial charge on any atom is -0.497 e. The smallest absolute Gasteiger partial charge is 0.127 e. The van der Waals surface area contributed by atoms with Crippen LogP contribution < -0.4 is 9.47 Å². The van der Waals surface area contributed by atoms with Gasteiger partial charge >= 0.3 is 0 Å². The van der Waals surface area contributed by atoms with Gasteiger partial charge in [0.15, 0.2) is 0 Å². The van der Waals surface area contributed by atoms with Gasteiger partial charge in [0, 0.05) is 16.7 Å². The molecule has 5 nitrogen and oxygen atoms in total. The van der Waals surface area contributed by atoms with Gasteiger partial charge in [0.1, 0.15) is 17.2 Å². The summed E-state index contributed by atoms with van der Waals surface area (Å²) in [6.07, 6.45) is 7.65. The zero-order valence-electron chi connectivity index (χ0n) is 17.5. The number of methoxy groups -OCH3 is 1. The maximum Gasteiger partial charge on any atom is 0.127 e. The topological polar surface area (TPSA) is 57.1 Å². The highest BCUT2D eigenvalue weighted by Crippen LogP contribution is 2.36. The molecule has 1 heterocycles. The summed E-state index contributed by atoms with van der Waals surface area (Å²) in [5.74, 6) is 1.67. The van der Waals surface area contributed by atoms with E-state index in [1.54, 1.807) is 13.3 Å². The van der Waals surface area contributed by atoms with Gasteiger partial charge in [-0.05, 0) is 54.8 Å². The molecule has 0 N–H and O–H groups in total. The fourth-order valence-electron chi connectivity index (χ4n) is 3.37. The molecule has 29 heavy (non-hydrogen) atoms. The second-order valence-electron chi connectivity index (χ2n) is 7.06. The van der Waals surface area contributed by atoms with Gasteiger partial charge in [0.05, 0.1) is 19.4 Å². The SMILES string of the molecule is CCCCCC(CC)Oc1ccccc1-c1cnnnc1-c1ccc(OC)cc1. The van der Waals surface area contributed by atoms with Crippen molar-refractivity contribution in [1.82, 2.24) is 15.4 Å². The predicted octanol–water partition coefficient (Wildman–Crippen LogP) is 5.95. The highest BCUT2D eigenvalue weighted by molar-refractivity contribution is 5.83. The Morgan fingerprint density at radius 2 is 1.72 bits per heavy atom. The van der Waals surface area contributed by atoms with E-state index in [4.69, 9.17) is 9.47 Å². The van der Waals surface area contributed by atoms with E-state index >= 15 is 0 Å². The van der Waals surface area contributed by atoms with E-state index in [2.05, 4.69) is 35.3 Å². The van der Waals surface area contributed by atoms with Gasteiger partial charge in [-0.3, -0.25) is 0 Å². The van der Waals surface area contributed by atoms with Gasteiger partial charge in [-0.25, -0.2) is 0 Å². The number of benzene rings is 2. The van der Waals surface area contributed by atoms with Gasteiger partial charge in [-0.2, -0.15) is 0 Å². The van der Waals surface area contributed by atoms with Crippen LogP contribution in [0.1, 0.15) is 46.0 Å². The van der Waals surface area contributed by atoms with Crippen LogP contribution in [0.4, 0.5) is 0 Å². The molecule has 0 bridgehead atoms. The summed E-state index contributed by atoms with van der Waals surface area (Å²) in [7, 11) is 1.66. The number of para-hydroxylation sites is 1. The lowest BCUT2D eigenvalue weighted by Gasteiger charge is -2.20. The first-order valence-corrected chi connectivity index (χ1v) is 10.4. The van der Waals surface area contributed by atoms with E-state index in [1.807, 2.05) is 42.5 Å². The molecule has 0 saturated heterocycles. The zero-order chi connectivity index (χ0) is 20.5. The lowest BCUT2D eigenvalue weighted by atomic mass is 10.00. The maximum atomic E-state index is 6.43. The van der Waals surface area contributed by atoms with E-state index in [9.17, 15) is 0 Å². The van der Waals surface area contributed by atoms with Crippen LogP contribution in [-0.4, -0.2) is 28.6 Å². The number of ether oxygens (including phenoxy) is 2. The molecule has 5 heteroatoms. The van der Waals surface area contributed by atoms with Crippen LogP contribution in [0.15, 0.2) is 54.7 Å². The molecule has 0 fully saturated rings. The van der Waals surface area contributed by atoms with Crippen LogP contribution in [0.3, 0.4) is 0 Å². The average molecular weight is 392 g/mol. The Morgan fingerprint density at radius 1 is 0.931 bits per heavy atom. The molecule has 2 aromatic carbocycles. The molecule has 1 unspecified atom stereocenters. The van der Waals surface area contributed by atoms with Crippen molar-refractivity contribution in [3.63, 3.8) is 0 Å². The van der Waals surface area contributed by atoms with Crippen molar-refractivity contribution < 1.29 is 9.47 Å². The number of nitrogens with zero attached hydrogens (tertiary/aromatic N) is 3. The van der Waals surface area contributed by atoms with Crippen molar-refractivity contribution in [2.45, 2.75) is 52.1 Å². The van der Waals surface area contributed by atoms with Crippen molar-refractivity contribution in [3.8, 4) is 33.9 Å². The summed E-state index contributed by atoms with van der Waals surface area (Å²) < 4.78 is 11.7. The second-order valence-corrected chi connectivity index (χ2v) is 7.06. The molecule has 0 radical (unpaired) electrons. The molecule has 0 aliphatic rings. The fraction of sp³-hybridized carbons (Fsp3) is 0.375. The summed E-state index contributed by atoms with van der Waals surface area (Å²) in [5.41, 5.74) is 3.62. The van der Waals surface area contributed by atoms with E-state index in [1.165, 1.54) is 19.3 Å². The van der Waals surface area contributed by atoms with Crippen molar-refractivity contribution in [2.75, 3.05) is 7.11 Å². The monoisotopic (exact) mass is 391 g/mol. The van der Waals surface area contributed by atoms with Crippen LogP contribution in [0.25, 0.3) is 22.4 Å². The maximum absolute atomic E-state index is 6.43. The summed E-state index contributed by atoms with van der Waals surface area (Å²) in [6.45, 7) is 4.40. The highest BCUT2D eigenvalue weighted by Gasteiger charge is 2.17. The average Bonchev–Trinajstić information content (AvgIpc) is 2.79. The Balaban J connectivity index is 1.93. The molecule has 3 rings (SSSR count). The Morgan fingerprint density at radius 3 is 2.45 bits per heavy atom. The number of unbranched alkanes of at least 4 members (excludes halogenated alkanes) is 2. The quantitative estimate of drug-likeness (QED) is 0.400. The molecule has 1 atom stereocenters. The van der Waals surface area contributed by atoms with Crippen LogP contribution in [0.5, 0.6) is 11.5 Å². The molecular formula is C24H29N3O2. The fourth-order valence-corrected chi connectivity index (χ4v) is 3.37. The van der Waals surface area contributed by atoms with Gasteiger partial charge in [-0.15, -0.1) is 10.2 Å². The van der Waals surface area contributed by atoms with Crippen LogP contribution in [0.2, 0.25) is 0 Å². The van der Waals surface area contributed by atoms with Crippen molar-refractivity contribution in [3.05, 3.63) is 54.7 Å². The van der Waals surface area contributed by atoms with Gasteiger partial charge < -0.3 is 9.47 Å². The van der Waals surface area contributed by atoms with Gasteiger partial charge in [0.25, 0.3) is 0 Å². The first-order chi connectivity index (χ1) is 14.3. The Labute approximate surface area is 173 Å². The van der Waals surface area contributed by atoms with E-state index < -0.39 is 0 Å². The Bertz CT molecular complexity index is 897. The Kier molecular flexibility index (Phi) is 7.56. The predicted molar refractivity (Wildman–Crippen MR) is 116 cm³/mol. The molecule has 0 amide bonds. The van der Waals surface area contributed by atoms with E-state index in [0.717, 1.165) is 46.7 Å². The molecule has 0 spiro atoms. The number of hydrogen-bond acceptors (Lipinski definition) is 5. The largest absolute Gasteiger partial charge is 0.497 e. The number of aromatic nitrogens is 3. The number of rotatable bonds is 10. The lowest BCUT2D eigenvalue weighted by molar-refractivity contribution is 0.183. The minimum absolute atomic E-state index is 0.204. The van der Waals surface area contributed by atoms with E-state index in [0.29, 0.717) is 0 Å². The van der Waals surface area contributed by atoms with E-state index in [-0.39, 0.29) is 6.10 Å². The third-order valence-corrected chi connectivity index (χ3v) is 5.06. The molecule has 1 aromatic heterocycles. The number of hydrogen-bond donors (Lipinski definition) is 0. The first kappa shape index (κ1) is 20.8.